The molecule has 30 heavy (non-hydrogen) atoms. The Labute approximate surface area is 176 Å². The van der Waals surface area contributed by atoms with E-state index in [-0.39, 0.29) is 17.2 Å². The lowest BCUT2D eigenvalue weighted by Gasteiger charge is -2.56. The van der Waals surface area contributed by atoms with E-state index < -0.39 is 0 Å². The molecule has 0 spiro atoms. The highest BCUT2D eigenvalue weighted by Crippen LogP contribution is 2.61. The third kappa shape index (κ3) is 3.71. The first-order valence-corrected chi connectivity index (χ1v) is 10.9. The maximum Gasteiger partial charge on any atom is 0.262 e. The topological polar surface area (TPSA) is 80.6 Å². The van der Waals surface area contributed by atoms with Crippen LogP contribution in [0.15, 0.2) is 34.8 Å². The molecule has 6 nitrogen and oxygen atoms in total. The Kier molecular flexibility index (Phi) is 4.80. The van der Waals surface area contributed by atoms with Crippen molar-refractivity contribution in [2.75, 3.05) is 7.11 Å². The van der Waals surface area contributed by atoms with Crippen LogP contribution in [0.5, 0.6) is 5.75 Å². The summed E-state index contributed by atoms with van der Waals surface area (Å²) in [4.78, 5) is 24.7. The summed E-state index contributed by atoms with van der Waals surface area (Å²) in [6, 6.07) is 7.47. The van der Waals surface area contributed by atoms with Crippen molar-refractivity contribution in [2.24, 2.45) is 23.2 Å². The number of rotatable bonds is 5. The van der Waals surface area contributed by atoms with E-state index in [1.165, 1.54) is 44.6 Å². The van der Waals surface area contributed by atoms with E-state index >= 15 is 0 Å². The molecule has 4 bridgehead atoms. The predicted molar refractivity (Wildman–Crippen MR) is 113 cm³/mol. The number of para-hydroxylation sites is 1. The van der Waals surface area contributed by atoms with Gasteiger partial charge in [-0.2, -0.15) is 0 Å². The minimum atomic E-state index is -0.388. The van der Waals surface area contributed by atoms with E-state index in [0.717, 1.165) is 23.1 Å². The van der Waals surface area contributed by atoms with Gasteiger partial charge >= 0.3 is 0 Å². The molecule has 4 aliphatic carbocycles. The highest BCUT2D eigenvalue weighted by atomic mass is 16.5. The number of carbonyl (C=O) groups is 2. The smallest absolute Gasteiger partial charge is 0.262 e. The van der Waals surface area contributed by atoms with Gasteiger partial charge in [0.1, 0.15) is 5.76 Å². The average Bonchev–Trinajstić information content (AvgIpc) is 3.12. The molecule has 1 heterocycles. The van der Waals surface area contributed by atoms with Crippen molar-refractivity contribution in [1.29, 1.82) is 0 Å². The number of nitrogens with one attached hydrogen (secondary N) is 2. The highest BCUT2D eigenvalue weighted by Gasteiger charge is 2.51. The van der Waals surface area contributed by atoms with Crippen molar-refractivity contribution in [2.45, 2.75) is 44.9 Å². The van der Waals surface area contributed by atoms with Crippen molar-refractivity contribution >= 4 is 28.9 Å². The molecule has 6 heteroatoms. The lowest BCUT2D eigenvalue weighted by atomic mass is 9.49. The normalized spacial score (nSPS) is 29.4. The molecular weight excluding hydrogens is 380 g/mol. The van der Waals surface area contributed by atoms with Gasteiger partial charge in [0.25, 0.3) is 5.91 Å². The lowest BCUT2D eigenvalue weighted by Crippen LogP contribution is -2.49. The van der Waals surface area contributed by atoms with Gasteiger partial charge in [0.15, 0.2) is 11.3 Å². The summed E-state index contributed by atoms with van der Waals surface area (Å²) in [6.45, 7) is 0. The highest BCUT2D eigenvalue weighted by molar-refractivity contribution is 5.94. The molecule has 158 valence electrons. The Balaban J connectivity index is 1.15. The van der Waals surface area contributed by atoms with Gasteiger partial charge in [-0.05, 0) is 79.9 Å². The molecule has 0 saturated heterocycles. The van der Waals surface area contributed by atoms with Crippen molar-refractivity contribution in [3.8, 4) is 5.75 Å². The minimum Gasteiger partial charge on any atom is -0.493 e. The van der Waals surface area contributed by atoms with Gasteiger partial charge in [-0.25, -0.2) is 0 Å². The number of hydrogen-bond acceptors (Lipinski definition) is 4. The summed E-state index contributed by atoms with van der Waals surface area (Å²) in [7, 11) is 1.59. The first-order valence-electron chi connectivity index (χ1n) is 10.9. The maximum absolute atomic E-state index is 12.5. The Bertz CT molecular complexity index is 971. The summed E-state index contributed by atoms with van der Waals surface area (Å²) < 4.78 is 11.0. The number of furan rings is 1. The zero-order valence-electron chi connectivity index (χ0n) is 17.3. The third-order valence-electron chi connectivity index (χ3n) is 7.17. The maximum atomic E-state index is 12.5. The number of methoxy groups -OCH3 is 1. The van der Waals surface area contributed by atoms with Crippen molar-refractivity contribution < 1.29 is 18.7 Å². The molecule has 6 rings (SSSR count). The molecule has 0 radical (unpaired) electrons. The Morgan fingerprint density at radius 3 is 2.50 bits per heavy atom. The number of hydrazine groups is 1. The van der Waals surface area contributed by atoms with Crippen LogP contribution in [-0.4, -0.2) is 18.9 Å². The fourth-order valence-electron chi connectivity index (χ4n) is 6.52. The van der Waals surface area contributed by atoms with Crippen LogP contribution >= 0.6 is 0 Å². The number of benzene rings is 1. The van der Waals surface area contributed by atoms with Crippen LogP contribution in [0.4, 0.5) is 0 Å². The summed E-state index contributed by atoms with van der Waals surface area (Å²) in [5.41, 5.74) is 5.90. The van der Waals surface area contributed by atoms with Gasteiger partial charge in [0, 0.05) is 17.9 Å². The molecule has 2 amide bonds. The minimum absolute atomic E-state index is 0.0906. The van der Waals surface area contributed by atoms with Crippen LogP contribution in [0, 0.1) is 23.2 Å². The Morgan fingerprint density at radius 1 is 1.13 bits per heavy atom. The van der Waals surface area contributed by atoms with E-state index in [1.54, 1.807) is 13.2 Å². The number of hydrogen-bond donors (Lipinski definition) is 2. The van der Waals surface area contributed by atoms with E-state index in [2.05, 4.69) is 10.9 Å². The molecular formula is C24H28N2O4. The van der Waals surface area contributed by atoms with Crippen molar-refractivity contribution in [3.05, 3.63) is 36.1 Å². The molecule has 0 atom stereocenters. The fourth-order valence-corrected chi connectivity index (χ4v) is 6.52. The third-order valence-corrected chi connectivity index (χ3v) is 7.17. The van der Waals surface area contributed by atoms with Gasteiger partial charge in [0.05, 0.1) is 7.11 Å². The zero-order chi connectivity index (χ0) is 20.7. The van der Waals surface area contributed by atoms with E-state index in [1.807, 2.05) is 24.3 Å². The van der Waals surface area contributed by atoms with Crippen molar-refractivity contribution in [3.63, 3.8) is 0 Å². The summed E-state index contributed by atoms with van der Waals surface area (Å²) in [6.07, 6.45) is 11.1. The molecule has 2 aromatic rings. The second-order valence-electron chi connectivity index (χ2n) is 9.49. The predicted octanol–water partition coefficient (Wildman–Crippen LogP) is 4.21. The van der Waals surface area contributed by atoms with Gasteiger partial charge in [-0.15, -0.1) is 0 Å². The fraction of sp³-hybridized carbons (Fsp3) is 0.500. The van der Waals surface area contributed by atoms with Gasteiger partial charge in [-0.3, -0.25) is 20.4 Å². The first-order chi connectivity index (χ1) is 14.5. The monoisotopic (exact) mass is 408 g/mol. The standard InChI is InChI=1S/C24H28N2O4/c1-29-20-4-2-3-18-10-19(30-23(18)20)5-6-21(27)25-26-22(28)14-24-11-15-7-16(12-24)9-17(8-15)13-24/h2-6,10,15-17H,7-9,11-14H2,1H3,(H,25,27)(H,26,28)/b6-5+. The van der Waals surface area contributed by atoms with Crippen LogP contribution in [0.25, 0.3) is 17.0 Å². The van der Waals surface area contributed by atoms with Crippen molar-refractivity contribution in [1.82, 2.24) is 10.9 Å². The first kappa shape index (κ1) is 19.2. The number of carbonyl (C=O) groups excluding carboxylic acids is 2. The largest absolute Gasteiger partial charge is 0.493 e. The molecule has 4 fully saturated rings. The van der Waals surface area contributed by atoms with Gasteiger partial charge < -0.3 is 9.15 Å². The molecule has 4 aliphatic rings. The Morgan fingerprint density at radius 2 is 1.83 bits per heavy atom. The van der Waals surface area contributed by atoms with Crippen LogP contribution < -0.4 is 15.6 Å². The molecule has 1 aromatic heterocycles. The van der Waals surface area contributed by atoms with E-state index in [4.69, 9.17) is 9.15 Å². The van der Waals surface area contributed by atoms with Gasteiger partial charge in [-0.1, -0.05) is 12.1 Å². The Hall–Kier alpha value is -2.76. The number of fused-ring (bicyclic) bond motifs is 1. The lowest BCUT2D eigenvalue weighted by molar-refractivity contribution is -0.133. The molecule has 2 N–H and O–H groups in total. The van der Waals surface area contributed by atoms with Crippen LogP contribution in [0.2, 0.25) is 0 Å². The van der Waals surface area contributed by atoms with Gasteiger partial charge in [0.2, 0.25) is 5.91 Å². The zero-order valence-corrected chi connectivity index (χ0v) is 17.3. The molecule has 1 aromatic carbocycles. The average molecular weight is 408 g/mol. The summed E-state index contributed by atoms with van der Waals surface area (Å²) in [5.74, 6) is 3.14. The summed E-state index contributed by atoms with van der Waals surface area (Å²) in [5, 5.41) is 0.901. The quantitative estimate of drug-likeness (QED) is 0.574. The van der Waals surface area contributed by atoms with Crippen LogP contribution in [0.1, 0.15) is 50.7 Å². The summed E-state index contributed by atoms with van der Waals surface area (Å²) >= 11 is 0. The molecule has 0 aliphatic heterocycles. The number of amides is 2. The molecule has 0 unspecified atom stereocenters. The second kappa shape index (κ2) is 7.49. The van der Waals surface area contributed by atoms with Crippen LogP contribution in [-0.2, 0) is 9.59 Å². The van der Waals surface area contributed by atoms with E-state index in [9.17, 15) is 9.59 Å². The molecule has 4 saturated carbocycles. The second-order valence-corrected chi connectivity index (χ2v) is 9.49. The number of ether oxygens (including phenoxy) is 1. The van der Waals surface area contributed by atoms with E-state index in [0.29, 0.717) is 23.5 Å². The SMILES string of the molecule is COc1cccc2cc(/C=C/C(=O)NNC(=O)CC34CC5CC(CC(C5)C3)C4)oc12. The van der Waals surface area contributed by atoms with Crippen LogP contribution in [0.3, 0.4) is 0 Å².